The van der Waals surface area contributed by atoms with Crippen LogP contribution in [0, 0.1) is 0 Å². The van der Waals surface area contributed by atoms with Crippen LogP contribution in [-0.2, 0) is 5.41 Å². The summed E-state index contributed by atoms with van der Waals surface area (Å²) in [6.45, 7) is 23.0. The van der Waals surface area contributed by atoms with Gasteiger partial charge < -0.3 is 8.98 Å². The summed E-state index contributed by atoms with van der Waals surface area (Å²) in [4.78, 5) is 11.7. The Bertz CT molecular complexity index is 2700. The predicted molar refractivity (Wildman–Crippen MR) is 220 cm³/mol. The van der Waals surface area contributed by atoms with E-state index in [4.69, 9.17) is 14.4 Å². The molecule has 4 nitrogen and oxygen atoms in total. The average molecular weight is 682 g/mol. The fourth-order valence-electron chi connectivity index (χ4n) is 7.84. The maximum Gasteiger partial charge on any atom is 0.163 e. The first-order chi connectivity index (χ1) is 24.8. The number of nitrogens with zero attached hydrogens (tertiary/aromatic N) is 3. The molecule has 8 rings (SSSR count). The largest absolute Gasteiger partial charge is 0.455 e. The highest BCUT2D eigenvalue weighted by molar-refractivity contribution is 7.25. The zero-order chi connectivity index (χ0) is 35.6. The Labute approximate surface area is 302 Å². The topological polar surface area (TPSA) is 43.9 Å². The molecule has 5 heteroatoms. The summed E-state index contributed by atoms with van der Waals surface area (Å²) in [5.41, 5.74) is 10.8. The van der Waals surface area contributed by atoms with Crippen molar-refractivity contribution in [3.63, 3.8) is 0 Å². The van der Waals surface area contributed by atoms with Crippen LogP contribution in [0.4, 0.5) is 0 Å². The van der Waals surface area contributed by atoms with Gasteiger partial charge in [-0.15, -0.1) is 11.3 Å². The highest BCUT2D eigenvalue weighted by atomic mass is 32.1. The number of fused-ring (bicyclic) bond motifs is 7. The second-order valence-electron chi connectivity index (χ2n) is 13.3. The molecule has 250 valence electrons. The van der Waals surface area contributed by atoms with Gasteiger partial charge in [-0.3, -0.25) is 0 Å². The normalized spacial score (nSPS) is 13.9. The highest BCUT2D eigenvalue weighted by Crippen LogP contribution is 2.51. The minimum Gasteiger partial charge on any atom is -0.455 e. The first-order valence-corrected chi connectivity index (χ1v) is 18.1. The highest BCUT2D eigenvalue weighted by Gasteiger charge is 2.36. The maximum atomic E-state index is 6.47. The molecule has 0 aliphatic carbocycles. The number of benzene rings is 3. The van der Waals surface area contributed by atoms with Gasteiger partial charge in [0.25, 0.3) is 0 Å². The van der Waals surface area contributed by atoms with Crippen LogP contribution in [0.5, 0.6) is 0 Å². The van der Waals surface area contributed by atoms with Crippen LogP contribution in [0.15, 0.2) is 103 Å². The van der Waals surface area contributed by atoms with Crippen molar-refractivity contribution in [2.24, 2.45) is 0 Å². The lowest BCUT2D eigenvalue weighted by Crippen LogP contribution is -2.26. The number of para-hydroxylation sites is 1. The Morgan fingerprint density at radius 1 is 0.804 bits per heavy atom. The van der Waals surface area contributed by atoms with E-state index in [9.17, 15) is 0 Å². The first-order valence-electron chi connectivity index (χ1n) is 17.3. The number of aromatic nitrogens is 3. The number of hydrogen-bond donors (Lipinski definition) is 0. The fourth-order valence-corrected chi connectivity index (χ4v) is 9.07. The summed E-state index contributed by atoms with van der Waals surface area (Å²) < 4.78 is 10.3. The molecule has 0 bridgehead atoms. The standard InChI is InChI=1S/C46H39N3OS/c1-9-18-31-36(14-6)47-44(30(13-5)43-29(12-4)28(11-3)38(50-43)19-10-2)48-41(31)27-24-25-37-35(26-27)46(7,8)34-22-17-21-33-40-32-20-15-16-23-39(32)51-45(40)49(37)42(33)34/h9-26H,3-4,6H2,1-2,5,7-8H3/b18-9-,19-10-,30-13+. The monoisotopic (exact) mass is 681 g/mol. The minimum atomic E-state index is -0.263. The minimum absolute atomic E-state index is 0.263. The van der Waals surface area contributed by atoms with E-state index >= 15 is 0 Å². The lowest BCUT2D eigenvalue weighted by Gasteiger charge is -2.35. The van der Waals surface area contributed by atoms with Gasteiger partial charge in [0.15, 0.2) is 5.82 Å². The van der Waals surface area contributed by atoms with E-state index in [1.165, 1.54) is 48.0 Å². The quantitative estimate of drug-likeness (QED) is 0.160. The number of allylic oxidation sites excluding steroid dienone is 3. The van der Waals surface area contributed by atoms with E-state index in [2.05, 4.69) is 105 Å². The van der Waals surface area contributed by atoms with Crippen molar-refractivity contribution in [1.29, 1.82) is 0 Å². The first kappa shape index (κ1) is 32.4. The number of rotatable bonds is 8. The van der Waals surface area contributed by atoms with Crippen LogP contribution in [-0.4, -0.2) is 14.5 Å². The third kappa shape index (κ3) is 4.65. The fraction of sp³-hybridized carbons (Fsp3) is 0.130. The lowest BCUT2D eigenvalue weighted by atomic mass is 9.74. The van der Waals surface area contributed by atoms with Gasteiger partial charge in [-0.05, 0) is 62.2 Å². The summed E-state index contributed by atoms with van der Waals surface area (Å²) in [6.07, 6.45) is 15.4. The molecular weight excluding hydrogens is 643 g/mol. The molecule has 0 radical (unpaired) electrons. The van der Waals surface area contributed by atoms with E-state index in [1.54, 1.807) is 6.08 Å². The van der Waals surface area contributed by atoms with Gasteiger partial charge >= 0.3 is 0 Å². The molecule has 0 saturated carbocycles. The van der Waals surface area contributed by atoms with Gasteiger partial charge in [-0.25, -0.2) is 9.97 Å². The third-order valence-electron chi connectivity index (χ3n) is 10.2. The van der Waals surface area contributed by atoms with Crippen LogP contribution in [0.2, 0.25) is 0 Å². The van der Waals surface area contributed by atoms with Crippen molar-refractivity contribution < 1.29 is 4.42 Å². The second kappa shape index (κ2) is 12.2. The van der Waals surface area contributed by atoms with Gasteiger partial charge in [0.1, 0.15) is 16.4 Å². The molecule has 1 aliphatic rings. The van der Waals surface area contributed by atoms with Crippen LogP contribution >= 0.6 is 11.3 Å². The van der Waals surface area contributed by atoms with Gasteiger partial charge in [0.05, 0.1) is 28.2 Å². The van der Waals surface area contributed by atoms with Crippen molar-refractivity contribution >= 4 is 78.5 Å². The Kier molecular flexibility index (Phi) is 7.77. The molecule has 0 spiro atoms. The van der Waals surface area contributed by atoms with Crippen molar-refractivity contribution in [1.82, 2.24) is 14.5 Å². The zero-order valence-electron chi connectivity index (χ0n) is 29.7. The van der Waals surface area contributed by atoms with Crippen molar-refractivity contribution in [3.05, 3.63) is 149 Å². The Balaban J connectivity index is 1.38. The van der Waals surface area contributed by atoms with Crippen LogP contribution in [0.1, 0.15) is 85.5 Å². The van der Waals surface area contributed by atoms with Crippen molar-refractivity contribution in [3.8, 4) is 16.9 Å². The zero-order valence-corrected chi connectivity index (χ0v) is 30.5. The van der Waals surface area contributed by atoms with Gasteiger partial charge in [0.2, 0.25) is 0 Å². The number of hydrogen-bond acceptors (Lipinski definition) is 4. The van der Waals surface area contributed by atoms with Gasteiger partial charge in [0, 0.05) is 48.5 Å². The molecule has 5 heterocycles. The maximum absolute atomic E-state index is 6.47. The summed E-state index contributed by atoms with van der Waals surface area (Å²) in [5.74, 6) is 1.93. The molecule has 0 fully saturated rings. The Hall–Kier alpha value is -5.78. The molecule has 4 aromatic heterocycles. The van der Waals surface area contributed by atoms with Crippen LogP contribution < -0.4 is 0 Å². The molecule has 3 aromatic carbocycles. The predicted octanol–water partition coefficient (Wildman–Crippen LogP) is 13.1. The van der Waals surface area contributed by atoms with Crippen molar-refractivity contribution in [2.45, 2.75) is 40.0 Å². The second-order valence-corrected chi connectivity index (χ2v) is 14.3. The third-order valence-corrected chi connectivity index (χ3v) is 11.3. The van der Waals surface area contributed by atoms with Gasteiger partial charge in [-0.1, -0.05) is 113 Å². The van der Waals surface area contributed by atoms with E-state index in [-0.39, 0.29) is 5.41 Å². The molecule has 51 heavy (non-hydrogen) atoms. The summed E-state index contributed by atoms with van der Waals surface area (Å²) >= 11 is 1.86. The van der Waals surface area contributed by atoms with Crippen LogP contribution in [0.3, 0.4) is 0 Å². The molecule has 0 amide bonds. The van der Waals surface area contributed by atoms with Crippen LogP contribution in [0.25, 0.3) is 84.1 Å². The lowest BCUT2D eigenvalue weighted by molar-refractivity contribution is 0.542. The van der Waals surface area contributed by atoms with Gasteiger partial charge in [-0.2, -0.15) is 0 Å². The SMILES string of the molecule is C=Cc1nc(/C(=C/C)c2oc(/C=C\C)c(C=C)c2C=C)nc(-c2ccc3c(c2)C(C)(C)c2cccc4c5c6ccccc6sc5n-3c24)c1/C=C\C. The summed E-state index contributed by atoms with van der Waals surface area (Å²) in [5, 5.41) is 3.95. The number of furan rings is 1. The average Bonchev–Trinajstić information content (AvgIpc) is 3.80. The molecule has 0 unspecified atom stereocenters. The Morgan fingerprint density at radius 2 is 1.57 bits per heavy atom. The number of thiophene rings is 1. The molecule has 7 aromatic rings. The molecule has 0 N–H and O–H groups in total. The van der Waals surface area contributed by atoms with E-state index in [1.807, 2.05) is 68.6 Å². The molecule has 1 aliphatic heterocycles. The van der Waals surface area contributed by atoms with E-state index < -0.39 is 0 Å². The molecule has 0 atom stereocenters. The summed E-state index contributed by atoms with van der Waals surface area (Å²) in [7, 11) is 0. The summed E-state index contributed by atoms with van der Waals surface area (Å²) in [6, 6.07) is 22.4. The molecular formula is C46H39N3OS. The molecule has 0 saturated heterocycles. The van der Waals surface area contributed by atoms with E-state index in [0.29, 0.717) is 11.6 Å². The van der Waals surface area contributed by atoms with E-state index in [0.717, 1.165) is 45.0 Å². The van der Waals surface area contributed by atoms with Crippen molar-refractivity contribution in [2.75, 3.05) is 0 Å². The Morgan fingerprint density at radius 3 is 2.29 bits per heavy atom. The smallest absolute Gasteiger partial charge is 0.163 e.